The Morgan fingerprint density at radius 2 is 1.81 bits per heavy atom. The zero-order chi connectivity index (χ0) is 16.4. The van der Waals surface area contributed by atoms with Gasteiger partial charge in [0.1, 0.15) is 0 Å². The largest absolute Gasteiger partial charge is 0.341 e. The second-order valence-electron chi connectivity index (χ2n) is 6.39. The van der Waals surface area contributed by atoms with Crippen LogP contribution < -0.4 is 5.73 Å². The van der Waals surface area contributed by atoms with Crippen LogP contribution in [0.4, 0.5) is 5.69 Å². The van der Waals surface area contributed by atoms with Gasteiger partial charge in [0.2, 0.25) is 5.91 Å². The van der Waals surface area contributed by atoms with E-state index in [9.17, 15) is 14.9 Å². The van der Waals surface area contributed by atoms with Gasteiger partial charge in [0.15, 0.2) is 0 Å². The highest BCUT2D eigenvalue weighted by atomic mass is 16.6. The Kier molecular flexibility index (Phi) is 4.73. The van der Waals surface area contributed by atoms with E-state index in [4.69, 9.17) is 5.73 Å². The summed E-state index contributed by atoms with van der Waals surface area (Å²) in [7, 11) is 1.63. The van der Waals surface area contributed by atoms with Crippen molar-refractivity contribution in [3.05, 3.63) is 39.9 Å². The first-order valence-electron chi connectivity index (χ1n) is 6.75. The van der Waals surface area contributed by atoms with E-state index in [-0.39, 0.29) is 18.1 Å². The number of amides is 1. The molecule has 1 rings (SSSR count). The predicted molar refractivity (Wildman–Crippen MR) is 81.6 cm³/mol. The summed E-state index contributed by atoms with van der Waals surface area (Å²) in [4.78, 5) is 24.6. The minimum Gasteiger partial charge on any atom is -0.341 e. The number of nitro groups is 1. The summed E-state index contributed by atoms with van der Waals surface area (Å²) in [5.74, 6) is -0.145. The van der Waals surface area contributed by atoms with E-state index in [1.807, 2.05) is 0 Å². The van der Waals surface area contributed by atoms with Crippen molar-refractivity contribution in [2.75, 3.05) is 7.05 Å². The third-order valence-corrected chi connectivity index (χ3v) is 4.09. The molecule has 6 nitrogen and oxygen atoms in total. The minimum atomic E-state index is -0.773. The first kappa shape index (κ1) is 17.1. The standard InChI is InChI=1S/C15H23N3O3/c1-14(2,15(3,4)16)13(19)17(5)10-11-8-6-7-9-12(11)18(20)21/h6-9H,10,16H2,1-5H3. The van der Waals surface area contributed by atoms with Gasteiger partial charge in [-0.25, -0.2) is 0 Å². The molecule has 0 fully saturated rings. The van der Waals surface area contributed by atoms with Crippen LogP contribution in [0.2, 0.25) is 0 Å². The molecule has 0 atom stereocenters. The fraction of sp³-hybridized carbons (Fsp3) is 0.533. The highest BCUT2D eigenvalue weighted by molar-refractivity contribution is 5.83. The van der Waals surface area contributed by atoms with Gasteiger partial charge in [-0.3, -0.25) is 14.9 Å². The van der Waals surface area contributed by atoms with Gasteiger partial charge in [-0.15, -0.1) is 0 Å². The van der Waals surface area contributed by atoms with Crippen molar-refractivity contribution >= 4 is 11.6 Å². The van der Waals surface area contributed by atoms with Crippen LogP contribution >= 0.6 is 0 Å². The van der Waals surface area contributed by atoms with Crippen LogP contribution in [-0.2, 0) is 11.3 Å². The van der Waals surface area contributed by atoms with Crippen molar-refractivity contribution in [3.8, 4) is 0 Å². The summed E-state index contributed by atoms with van der Waals surface area (Å²) in [6, 6.07) is 6.42. The van der Waals surface area contributed by atoms with E-state index in [0.29, 0.717) is 5.56 Å². The molecule has 116 valence electrons. The molecule has 21 heavy (non-hydrogen) atoms. The van der Waals surface area contributed by atoms with E-state index in [1.54, 1.807) is 52.9 Å². The lowest BCUT2D eigenvalue weighted by molar-refractivity contribution is -0.385. The van der Waals surface area contributed by atoms with Crippen LogP contribution in [0.25, 0.3) is 0 Å². The number of benzene rings is 1. The normalized spacial score (nSPS) is 12.1. The SMILES string of the molecule is CN(Cc1ccccc1[N+](=O)[O-])C(=O)C(C)(C)C(C)(C)N. The lowest BCUT2D eigenvalue weighted by Crippen LogP contribution is -2.55. The maximum Gasteiger partial charge on any atom is 0.274 e. The molecule has 6 heteroatoms. The quantitative estimate of drug-likeness (QED) is 0.666. The lowest BCUT2D eigenvalue weighted by Gasteiger charge is -2.39. The molecule has 0 heterocycles. The molecule has 0 saturated heterocycles. The van der Waals surface area contributed by atoms with Crippen LogP contribution in [0.15, 0.2) is 24.3 Å². The van der Waals surface area contributed by atoms with Gasteiger partial charge in [0.25, 0.3) is 5.69 Å². The van der Waals surface area contributed by atoms with Gasteiger partial charge >= 0.3 is 0 Å². The van der Waals surface area contributed by atoms with Gasteiger partial charge in [-0.2, -0.15) is 0 Å². The molecule has 0 aliphatic carbocycles. The van der Waals surface area contributed by atoms with E-state index >= 15 is 0 Å². The van der Waals surface area contributed by atoms with Crippen LogP contribution in [0.5, 0.6) is 0 Å². The van der Waals surface area contributed by atoms with Crippen LogP contribution in [0, 0.1) is 15.5 Å². The average molecular weight is 293 g/mol. The van der Waals surface area contributed by atoms with E-state index in [1.165, 1.54) is 11.0 Å². The molecule has 0 unspecified atom stereocenters. The molecule has 0 saturated carbocycles. The Balaban J connectivity index is 3.00. The summed E-state index contributed by atoms with van der Waals surface area (Å²) in [5.41, 5.74) is 5.12. The molecule has 0 radical (unpaired) electrons. The zero-order valence-electron chi connectivity index (χ0n) is 13.2. The summed E-state index contributed by atoms with van der Waals surface area (Å²) in [6.45, 7) is 7.33. The maximum absolute atomic E-state index is 12.6. The highest BCUT2D eigenvalue weighted by Crippen LogP contribution is 2.31. The lowest BCUT2D eigenvalue weighted by atomic mass is 9.74. The van der Waals surface area contributed by atoms with Gasteiger partial charge in [-0.05, 0) is 27.7 Å². The Morgan fingerprint density at radius 3 is 2.29 bits per heavy atom. The van der Waals surface area contributed by atoms with Crippen molar-refractivity contribution in [3.63, 3.8) is 0 Å². The minimum absolute atomic E-state index is 0.0157. The van der Waals surface area contributed by atoms with E-state index < -0.39 is 15.9 Å². The predicted octanol–water partition coefficient (Wildman–Crippen LogP) is 2.32. The van der Waals surface area contributed by atoms with Crippen LogP contribution in [0.3, 0.4) is 0 Å². The molecular weight excluding hydrogens is 270 g/mol. The summed E-state index contributed by atoms with van der Waals surface area (Å²) < 4.78 is 0. The summed E-state index contributed by atoms with van der Waals surface area (Å²) in [6.07, 6.45) is 0. The van der Waals surface area contributed by atoms with E-state index in [0.717, 1.165) is 0 Å². The Bertz CT molecular complexity index is 547. The fourth-order valence-electron chi connectivity index (χ4n) is 1.90. The fourth-order valence-corrected chi connectivity index (χ4v) is 1.90. The number of rotatable bonds is 5. The molecular formula is C15H23N3O3. The number of carbonyl (C=O) groups is 1. The molecule has 0 aliphatic heterocycles. The molecule has 0 spiro atoms. The van der Waals surface area contributed by atoms with E-state index in [2.05, 4.69) is 0 Å². The van der Waals surface area contributed by atoms with Crippen molar-refractivity contribution < 1.29 is 9.72 Å². The number of para-hydroxylation sites is 1. The second kappa shape index (κ2) is 5.81. The Morgan fingerprint density at radius 1 is 1.29 bits per heavy atom. The molecule has 2 N–H and O–H groups in total. The number of hydrogen-bond donors (Lipinski definition) is 1. The van der Waals surface area contributed by atoms with Gasteiger partial charge < -0.3 is 10.6 Å². The second-order valence-corrected chi connectivity index (χ2v) is 6.39. The molecule has 1 amide bonds. The zero-order valence-corrected chi connectivity index (χ0v) is 13.2. The molecule has 0 bridgehead atoms. The topological polar surface area (TPSA) is 89.5 Å². The Hall–Kier alpha value is -1.95. The number of nitrogens with two attached hydrogens (primary N) is 1. The molecule has 0 aromatic heterocycles. The summed E-state index contributed by atoms with van der Waals surface area (Å²) >= 11 is 0. The van der Waals surface area contributed by atoms with Gasteiger partial charge in [0.05, 0.1) is 16.9 Å². The van der Waals surface area contributed by atoms with Crippen molar-refractivity contribution in [1.82, 2.24) is 4.90 Å². The number of nitrogens with zero attached hydrogens (tertiary/aromatic N) is 2. The monoisotopic (exact) mass is 293 g/mol. The first-order chi connectivity index (χ1) is 9.48. The molecule has 1 aromatic carbocycles. The number of carbonyl (C=O) groups excluding carboxylic acids is 1. The van der Waals surface area contributed by atoms with Gasteiger partial charge in [-0.1, -0.05) is 18.2 Å². The number of hydrogen-bond acceptors (Lipinski definition) is 4. The summed E-state index contributed by atoms with van der Waals surface area (Å²) in [5, 5.41) is 11.0. The molecule has 0 aliphatic rings. The van der Waals surface area contributed by atoms with Crippen molar-refractivity contribution in [2.24, 2.45) is 11.1 Å². The van der Waals surface area contributed by atoms with Crippen LogP contribution in [0.1, 0.15) is 33.3 Å². The smallest absolute Gasteiger partial charge is 0.274 e. The third-order valence-electron chi connectivity index (χ3n) is 4.09. The number of nitro benzene ring substituents is 1. The maximum atomic E-state index is 12.6. The Labute approximate surface area is 125 Å². The first-order valence-corrected chi connectivity index (χ1v) is 6.75. The average Bonchev–Trinajstić information content (AvgIpc) is 2.36. The van der Waals surface area contributed by atoms with Crippen LogP contribution in [-0.4, -0.2) is 28.3 Å². The highest BCUT2D eigenvalue weighted by Gasteiger charge is 2.42. The van der Waals surface area contributed by atoms with Crippen molar-refractivity contribution in [1.29, 1.82) is 0 Å². The van der Waals surface area contributed by atoms with Crippen molar-refractivity contribution in [2.45, 2.75) is 39.8 Å². The van der Waals surface area contributed by atoms with Gasteiger partial charge in [0, 0.05) is 24.2 Å². The molecule has 1 aromatic rings. The third kappa shape index (κ3) is 3.58.